The van der Waals surface area contributed by atoms with Gasteiger partial charge in [-0.15, -0.1) is 0 Å². The second-order valence-electron chi connectivity index (χ2n) is 10.2. The zero-order valence-corrected chi connectivity index (χ0v) is 27.5. The van der Waals surface area contributed by atoms with E-state index in [1.165, 1.54) is 48.0 Å². The van der Waals surface area contributed by atoms with Gasteiger partial charge in [0.2, 0.25) is 0 Å². The van der Waals surface area contributed by atoms with E-state index in [1.807, 2.05) is 66.9 Å². The van der Waals surface area contributed by atoms with Gasteiger partial charge >= 0.3 is 11.3 Å². The van der Waals surface area contributed by atoms with E-state index in [0.717, 1.165) is 11.1 Å². The van der Waals surface area contributed by atoms with Crippen molar-refractivity contribution in [3.8, 4) is 0 Å². The van der Waals surface area contributed by atoms with E-state index in [1.54, 1.807) is 0 Å². The average Bonchev–Trinajstić information content (AvgIpc) is 3.71. The molecule has 1 atom stereocenters. The van der Waals surface area contributed by atoms with Crippen LogP contribution in [-0.2, 0) is 37.9 Å². The van der Waals surface area contributed by atoms with Gasteiger partial charge in [-0.3, -0.25) is 6.29 Å². The van der Waals surface area contributed by atoms with Crippen LogP contribution in [0.2, 0.25) is 0 Å². The fourth-order valence-electron chi connectivity index (χ4n) is 4.81. The first kappa shape index (κ1) is 37.6. The van der Waals surface area contributed by atoms with E-state index < -0.39 is 7.92 Å². The molecule has 0 saturated heterocycles. The zero-order valence-electron chi connectivity index (χ0n) is 25.5. The molecule has 0 N–H and O–H groups in total. The average molecular weight is 656 g/mol. The summed E-state index contributed by atoms with van der Waals surface area (Å²) < 4.78 is 13.1. The molecule has 0 bridgehead atoms. The molecule has 0 aliphatic heterocycles. The molecular weight excluding hydrogens is 615 g/mol. The van der Waals surface area contributed by atoms with Crippen molar-refractivity contribution in [1.29, 1.82) is 0 Å². The van der Waals surface area contributed by atoms with Crippen molar-refractivity contribution >= 4 is 30.1 Å². The summed E-state index contributed by atoms with van der Waals surface area (Å²) in [4.78, 5) is 10.9. The number of benzene rings is 5. The Morgan fingerprint density at radius 1 is 0.578 bits per heavy atom. The molecule has 0 spiro atoms. The van der Waals surface area contributed by atoms with E-state index in [-0.39, 0.29) is 23.0 Å². The maximum absolute atomic E-state index is 10.9. The van der Waals surface area contributed by atoms with Crippen LogP contribution in [0, 0.1) is 6.65 Å². The van der Waals surface area contributed by atoms with Crippen LogP contribution in [-0.4, -0.2) is 12.9 Å². The summed E-state index contributed by atoms with van der Waals surface area (Å²) >= 11 is 0. The second-order valence-corrected chi connectivity index (χ2v) is 12.4. The summed E-state index contributed by atoms with van der Waals surface area (Å²) in [6.45, 7) is 5.38. The monoisotopic (exact) mass is 655 g/mol. The van der Waals surface area contributed by atoms with Gasteiger partial charge in [-0.1, -0.05) is 195 Å². The van der Waals surface area contributed by atoms with Crippen molar-refractivity contribution in [3.63, 3.8) is 0 Å². The number of rotatable bonds is 9. The Bertz CT molecular complexity index is 1330. The molecule has 5 aromatic rings. The molecule has 5 heteroatoms. The van der Waals surface area contributed by atoms with Gasteiger partial charge in [-0.2, -0.15) is 0 Å². The van der Waals surface area contributed by atoms with Crippen LogP contribution in [0.3, 0.4) is 0 Å². The summed E-state index contributed by atoms with van der Waals surface area (Å²) in [5.74, 6) is -0.310. The summed E-state index contributed by atoms with van der Waals surface area (Å²) in [6.07, 6.45) is 9.53. The van der Waals surface area contributed by atoms with Gasteiger partial charge in [-0.05, 0) is 29.4 Å². The molecular formula is C40H40FeO3P-. The molecule has 45 heavy (non-hydrogen) atoms. The van der Waals surface area contributed by atoms with Crippen LogP contribution < -0.4 is 15.9 Å². The minimum Gasteiger partial charge on any atom is -0.0622 e. The smallest absolute Gasteiger partial charge is 0 e. The van der Waals surface area contributed by atoms with Crippen LogP contribution in [0.1, 0.15) is 49.1 Å². The number of hydrogen-bond donors (Lipinski definition) is 0. The van der Waals surface area contributed by atoms with Gasteiger partial charge in [0.1, 0.15) is 0 Å². The normalized spacial score (nSPS) is 12.0. The topological polar surface area (TPSA) is 46.2 Å². The molecule has 3 nitrogen and oxygen atoms in total. The molecule has 232 valence electrons. The Hall–Kier alpha value is -3.58. The standard InChI is InChI=1S/C18H15P.C16H15O2.C5H10.CO.Fe/c1-4-10-16(11-5-1)19(17-12-6-2-7-13-17)18-14-8-3-9-15-18;17-11-16(15-9-5-2-6-10-15)13-18-12-14-7-3-1-4-8-14;1-2-4-5-3-1;1-2;/h1-15H;1-10,16H,12-13H2;1-5H2;;/q;-1;;;/t;16-;;;/m.1.../s1. The molecule has 1 aliphatic rings. The minimum atomic E-state index is -0.446. The maximum Gasteiger partial charge on any atom is 0 e. The van der Waals surface area contributed by atoms with Crippen molar-refractivity contribution in [2.75, 3.05) is 6.61 Å². The third kappa shape index (κ3) is 13.9. The van der Waals surface area contributed by atoms with Crippen LogP contribution in [0.5, 0.6) is 0 Å². The third-order valence-electron chi connectivity index (χ3n) is 7.03. The third-order valence-corrected chi connectivity index (χ3v) is 9.48. The van der Waals surface area contributed by atoms with Crippen molar-refractivity contribution in [3.05, 3.63) is 169 Å². The largest absolute Gasteiger partial charge is 0.0622 e. The number of ether oxygens (including phenoxy) is 1. The maximum atomic E-state index is 10.9. The van der Waals surface area contributed by atoms with E-state index in [0.29, 0.717) is 13.2 Å². The van der Waals surface area contributed by atoms with Gasteiger partial charge < -0.3 is 9.53 Å². The minimum absolute atomic E-state index is 0. The van der Waals surface area contributed by atoms with E-state index in [4.69, 9.17) is 9.39 Å². The van der Waals surface area contributed by atoms with Crippen molar-refractivity contribution in [1.82, 2.24) is 0 Å². The van der Waals surface area contributed by atoms with Crippen LogP contribution in [0.15, 0.2) is 152 Å². The molecule has 0 aromatic heterocycles. The molecule has 0 radical (unpaired) electrons. The number of hydrogen-bond acceptors (Lipinski definition) is 2. The number of carbonyl (C=O) groups excluding carboxylic acids is 1. The van der Waals surface area contributed by atoms with Gasteiger partial charge in [0, 0.05) is 23.7 Å². The van der Waals surface area contributed by atoms with Crippen LogP contribution >= 0.6 is 7.92 Å². The van der Waals surface area contributed by atoms with Gasteiger partial charge in [0.15, 0.2) is 0 Å². The first-order valence-electron chi connectivity index (χ1n) is 15.0. The summed E-state index contributed by atoms with van der Waals surface area (Å²) in [7, 11) is -0.446. The Balaban J connectivity index is 0.000000254. The van der Waals surface area contributed by atoms with E-state index in [9.17, 15) is 4.79 Å². The first-order chi connectivity index (χ1) is 21.8. The Labute approximate surface area is 281 Å². The fourth-order valence-corrected chi connectivity index (χ4v) is 7.12. The molecule has 1 saturated carbocycles. The Kier molecular flexibility index (Phi) is 19.9. The van der Waals surface area contributed by atoms with E-state index in [2.05, 4.69) is 97.6 Å². The van der Waals surface area contributed by atoms with Gasteiger partial charge in [0.05, 0.1) is 6.61 Å². The Morgan fingerprint density at radius 2 is 0.911 bits per heavy atom. The molecule has 1 fully saturated rings. The summed E-state index contributed by atoms with van der Waals surface area (Å²) in [5, 5.41) is 4.19. The predicted octanol–water partition coefficient (Wildman–Crippen LogP) is 8.45. The zero-order chi connectivity index (χ0) is 31.1. The van der Waals surface area contributed by atoms with E-state index >= 15 is 0 Å². The van der Waals surface area contributed by atoms with Crippen molar-refractivity contribution in [2.45, 2.75) is 44.6 Å². The van der Waals surface area contributed by atoms with Crippen LogP contribution in [0.25, 0.3) is 0 Å². The summed E-state index contributed by atoms with van der Waals surface area (Å²) in [6, 6.07) is 51.8. The molecule has 0 heterocycles. The van der Waals surface area contributed by atoms with Crippen molar-refractivity contribution in [2.24, 2.45) is 0 Å². The van der Waals surface area contributed by atoms with Crippen molar-refractivity contribution < 1.29 is 31.3 Å². The Morgan fingerprint density at radius 3 is 1.27 bits per heavy atom. The van der Waals surface area contributed by atoms with Gasteiger partial charge in [0.25, 0.3) is 0 Å². The SMILES string of the molecule is C1CCCC1.O=[C-][C@H](COCc1ccccc1)c1ccccc1.[C-]#[O+].[Fe].c1ccc(P(c2ccccc2)c2ccccc2)cc1. The molecule has 1 aliphatic carbocycles. The predicted molar refractivity (Wildman–Crippen MR) is 183 cm³/mol. The molecule has 0 unspecified atom stereocenters. The summed E-state index contributed by atoms with van der Waals surface area (Å²) in [5.41, 5.74) is 2.05. The quantitative estimate of drug-likeness (QED) is 0.0693. The molecule has 6 rings (SSSR count). The van der Waals surface area contributed by atoms with Crippen LogP contribution in [0.4, 0.5) is 0 Å². The first-order valence-corrected chi connectivity index (χ1v) is 16.4. The second kappa shape index (κ2) is 23.8. The van der Waals surface area contributed by atoms with Gasteiger partial charge in [-0.25, -0.2) is 0 Å². The fraction of sp³-hybridized carbons (Fsp3) is 0.200. The molecule has 5 aromatic carbocycles. The molecule has 0 amide bonds.